The Morgan fingerprint density at radius 1 is 1.64 bits per heavy atom. The van der Waals surface area contributed by atoms with Crippen molar-refractivity contribution < 1.29 is 4.79 Å². The normalized spacial score (nSPS) is 27.1. The van der Waals surface area contributed by atoms with E-state index >= 15 is 0 Å². The van der Waals surface area contributed by atoms with E-state index in [0.29, 0.717) is 12.3 Å². The van der Waals surface area contributed by atoms with Gasteiger partial charge in [0.1, 0.15) is 0 Å². The van der Waals surface area contributed by atoms with Crippen LogP contribution in [-0.2, 0) is 4.79 Å². The van der Waals surface area contributed by atoms with Crippen molar-refractivity contribution in [2.45, 2.75) is 45.6 Å². The molecule has 0 aromatic carbocycles. The van der Waals surface area contributed by atoms with Gasteiger partial charge in [0.25, 0.3) is 0 Å². The number of hydrogen-bond donors (Lipinski definition) is 1. The Labute approximate surface area is 86.6 Å². The first kappa shape index (κ1) is 11.5. The van der Waals surface area contributed by atoms with Crippen molar-refractivity contribution >= 4 is 5.91 Å². The van der Waals surface area contributed by atoms with E-state index in [1.54, 1.807) is 0 Å². The van der Waals surface area contributed by atoms with E-state index in [9.17, 15) is 4.79 Å². The number of rotatable bonds is 2. The molecule has 0 aliphatic carbocycles. The molecule has 0 bridgehead atoms. The Bertz CT molecular complexity index is 213. The number of carbonyl (C=O) groups excluding carboxylic acids is 1. The Balaban J connectivity index is 2.60. The molecule has 1 rings (SSSR count). The SMILES string of the molecule is CCC(C)(N)C(=O)N1CCCC(C)C1. The Morgan fingerprint density at radius 2 is 2.29 bits per heavy atom. The average Bonchev–Trinajstić information content (AvgIpc) is 2.16. The quantitative estimate of drug-likeness (QED) is 0.728. The lowest BCUT2D eigenvalue weighted by Gasteiger charge is -2.36. The highest BCUT2D eigenvalue weighted by Gasteiger charge is 2.32. The molecule has 0 aromatic heterocycles. The van der Waals surface area contributed by atoms with Crippen LogP contribution < -0.4 is 5.73 Å². The van der Waals surface area contributed by atoms with Crippen molar-refractivity contribution in [1.29, 1.82) is 0 Å². The number of nitrogens with two attached hydrogens (primary N) is 1. The van der Waals surface area contributed by atoms with Crippen LogP contribution in [0.1, 0.15) is 40.0 Å². The maximum absolute atomic E-state index is 12.0. The summed E-state index contributed by atoms with van der Waals surface area (Å²) in [6.45, 7) is 7.75. The predicted octanol–water partition coefficient (Wildman–Crippen LogP) is 1.37. The van der Waals surface area contributed by atoms with Crippen molar-refractivity contribution in [3.8, 4) is 0 Å². The molecule has 1 aliphatic rings. The summed E-state index contributed by atoms with van der Waals surface area (Å²) in [5.41, 5.74) is 5.28. The molecule has 1 saturated heterocycles. The molecule has 2 N–H and O–H groups in total. The largest absolute Gasteiger partial charge is 0.341 e. The molecule has 0 radical (unpaired) electrons. The van der Waals surface area contributed by atoms with Gasteiger partial charge >= 0.3 is 0 Å². The summed E-state index contributed by atoms with van der Waals surface area (Å²) < 4.78 is 0. The summed E-state index contributed by atoms with van der Waals surface area (Å²) in [6.07, 6.45) is 3.06. The van der Waals surface area contributed by atoms with E-state index in [0.717, 1.165) is 19.5 Å². The number of hydrogen-bond acceptors (Lipinski definition) is 2. The molecule has 2 unspecified atom stereocenters. The summed E-state index contributed by atoms with van der Waals surface area (Å²) in [7, 11) is 0. The molecule has 1 heterocycles. The minimum atomic E-state index is -0.670. The molecule has 1 amide bonds. The van der Waals surface area contributed by atoms with E-state index in [2.05, 4.69) is 6.92 Å². The fraction of sp³-hybridized carbons (Fsp3) is 0.909. The first-order chi connectivity index (χ1) is 6.47. The van der Waals surface area contributed by atoms with Crippen LogP contribution in [0.15, 0.2) is 0 Å². The van der Waals surface area contributed by atoms with Crippen LogP contribution in [0.5, 0.6) is 0 Å². The highest BCUT2D eigenvalue weighted by atomic mass is 16.2. The molecular formula is C11H22N2O. The molecule has 0 spiro atoms. The van der Waals surface area contributed by atoms with Gasteiger partial charge in [-0.05, 0) is 32.1 Å². The summed E-state index contributed by atoms with van der Waals surface area (Å²) in [5, 5.41) is 0. The van der Waals surface area contributed by atoms with Crippen LogP contribution in [0.2, 0.25) is 0 Å². The monoisotopic (exact) mass is 198 g/mol. The second kappa shape index (κ2) is 4.30. The lowest BCUT2D eigenvalue weighted by atomic mass is 9.94. The van der Waals surface area contributed by atoms with Crippen LogP contribution in [0.25, 0.3) is 0 Å². The van der Waals surface area contributed by atoms with Crippen molar-refractivity contribution in [3.05, 3.63) is 0 Å². The number of nitrogens with zero attached hydrogens (tertiary/aromatic N) is 1. The summed E-state index contributed by atoms with van der Waals surface area (Å²) in [4.78, 5) is 13.9. The van der Waals surface area contributed by atoms with Crippen molar-refractivity contribution in [1.82, 2.24) is 4.90 Å². The van der Waals surface area contributed by atoms with Gasteiger partial charge in [-0.2, -0.15) is 0 Å². The molecule has 3 heteroatoms. The third-order valence-electron chi connectivity index (χ3n) is 3.17. The highest BCUT2D eigenvalue weighted by Crippen LogP contribution is 2.19. The van der Waals surface area contributed by atoms with Crippen LogP contribution >= 0.6 is 0 Å². The minimum absolute atomic E-state index is 0.117. The molecule has 2 atom stereocenters. The van der Waals surface area contributed by atoms with Gasteiger partial charge < -0.3 is 10.6 Å². The van der Waals surface area contributed by atoms with Crippen LogP contribution in [-0.4, -0.2) is 29.4 Å². The number of carbonyl (C=O) groups is 1. The molecule has 14 heavy (non-hydrogen) atoms. The number of piperidine rings is 1. The van der Waals surface area contributed by atoms with E-state index in [-0.39, 0.29) is 5.91 Å². The second-order valence-electron chi connectivity index (χ2n) is 4.77. The summed E-state index contributed by atoms with van der Waals surface area (Å²) in [6, 6.07) is 0. The average molecular weight is 198 g/mol. The maximum atomic E-state index is 12.0. The second-order valence-corrected chi connectivity index (χ2v) is 4.77. The highest BCUT2D eigenvalue weighted by molar-refractivity contribution is 5.85. The fourth-order valence-corrected chi connectivity index (χ4v) is 1.89. The van der Waals surface area contributed by atoms with Gasteiger partial charge in [0.2, 0.25) is 5.91 Å². The predicted molar refractivity (Wildman–Crippen MR) is 57.9 cm³/mol. The van der Waals surface area contributed by atoms with Gasteiger partial charge in [0.15, 0.2) is 0 Å². The smallest absolute Gasteiger partial charge is 0.242 e. The van der Waals surface area contributed by atoms with Gasteiger partial charge in [-0.1, -0.05) is 13.8 Å². The van der Waals surface area contributed by atoms with Crippen LogP contribution in [0.3, 0.4) is 0 Å². The Hall–Kier alpha value is -0.570. The van der Waals surface area contributed by atoms with Gasteiger partial charge in [-0.25, -0.2) is 0 Å². The van der Waals surface area contributed by atoms with Gasteiger partial charge in [0.05, 0.1) is 5.54 Å². The van der Waals surface area contributed by atoms with Crippen molar-refractivity contribution in [2.24, 2.45) is 11.7 Å². The van der Waals surface area contributed by atoms with E-state index in [4.69, 9.17) is 5.73 Å². The standard InChI is InChI=1S/C11H22N2O/c1-4-11(3,12)10(14)13-7-5-6-9(2)8-13/h9H,4-8,12H2,1-3H3. The lowest BCUT2D eigenvalue weighted by molar-refractivity contribution is -0.138. The first-order valence-electron chi connectivity index (χ1n) is 5.55. The van der Waals surface area contributed by atoms with Crippen molar-refractivity contribution in [3.63, 3.8) is 0 Å². The molecule has 1 aliphatic heterocycles. The van der Waals surface area contributed by atoms with E-state index < -0.39 is 5.54 Å². The van der Waals surface area contributed by atoms with Gasteiger partial charge in [-0.15, -0.1) is 0 Å². The zero-order chi connectivity index (χ0) is 10.8. The summed E-state index contributed by atoms with van der Waals surface area (Å²) in [5.74, 6) is 0.743. The third kappa shape index (κ3) is 2.47. The molecule has 0 saturated carbocycles. The zero-order valence-corrected chi connectivity index (χ0v) is 9.55. The molecular weight excluding hydrogens is 176 g/mol. The van der Waals surface area contributed by atoms with E-state index in [1.165, 1.54) is 6.42 Å². The third-order valence-corrected chi connectivity index (χ3v) is 3.17. The topological polar surface area (TPSA) is 46.3 Å². The first-order valence-corrected chi connectivity index (χ1v) is 5.55. The van der Waals surface area contributed by atoms with Gasteiger partial charge in [0, 0.05) is 13.1 Å². The molecule has 1 fully saturated rings. The van der Waals surface area contributed by atoms with Gasteiger partial charge in [-0.3, -0.25) is 4.79 Å². The van der Waals surface area contributed by atoms with Crippen LogP contribution in [0, 0.1) is 5.92 Å². The Morgan fingerprint density at radius 3 is 2.79 bits per heavy atom. The number of amides is 1. The summed E-state index contributed by atoms with van der Waals surface area (Å²) >= 11 is 0. The molecule has 0 aromatic rings. The van der Waals surface area contributed by atoms with Crippen LogP contribution in [0.4, 0.5) is 0 Å². The fourth-order valence-electron chi connectivity index (χ4n) is 1.89. The number of likely N-dealkylation sites (tertiary alicyclic amines) is 1. The lowest BCUT2D eigenvalue weighted by Crippen LogP contribution is -2.55. The van der Waals surface area contributed by atoms with E-state index in [1.807, 2.05) is 18.7 Å². The zero-order valence-electron chi connectivity index (χ0n) is 9.55. The molecule has 82 valence electrons. The van der Waals surface area contributed by atoms with Crippen molar-refractivity contribution in [2.75, 3.05) is 13.1 Å². The molecule has 3 nitrogen and oxygen atoms in total. The Kier molecular flexibility index (Phi) is 3.53. The maximum Gasteiger partial charge on any atom is 0.242 e. The minimum Gasteiger partial charge on any atom is -0.341 e.